The highest BCUT2D eigenvalue weighted by atomic mass is 19.1. The minimum atomic E-state index is -0.331. The zero-order chi connectivity index (χ0) is 12.4. The second-order valence-electron chi connectivity index (χ2n) is 3.11. The topological polar surface area (TPSA) is 38.0 Å². The monoisotopic (exact) mass is 222 g/mol. The van der Waals surface area contributed by atoms with Gasteiger partial charge in [0, 0.05) is 17.7 Å². The first-order valence-corrected chi connectivity index (χ1v) is 5.35. The number of halogens is 1. The number of rotatable bonds is 3. The average Bonchev–Trinajstić information content (AvgIpc) is 2.31. The Hall–Kier alpha value is -1.37. The van der Waals surface area contributed by atoms with E-state index in [1.54, 1.807) is 12.1 Å². The first-order valence-electron chi connectivity index (χ1n) is 5.35. The van der Waals surface area contributed by atoms with Crippen LogP contribution in [0.2, 0.25) is 0 Å². The van der Waals surface area contributed by atoms with Crippen molar-refractivity contribution in [3.8, 4) is 12.3 Å². The lowest BCUT2D eigenvalue weighted by Gasteiger charge is -1.98. The molecule has 88 valence electrons. The highest BCUT2D eigenvalue weighted by Gasteiger charge is 1.98. The van der Waals surface area contributed by atoms with Crippen molar-refractivity contribution in [1.29, 1.82) is 0 Å². The average molecular weight is 222 g/mol. The fourth-order valence-electron chi connectivity index (χ4n) is 1.05. The molecule has 0 heterocycles. The first kappa shape index (κ1) is 14.6. The summed E-state index contributed by atoms with van der Waals surface area (Å²) >= 11 is 0. The number of terminal acetylenes is 1. The van der Waals surface area contributed by atoms with E-state index in [4.69, 9.17) is 12.2 Å². The summed E-state index contributed by atoms with van der Waals surface area (Å²) in [7, 11) is 0. The second-order valence-corrected chi connectivity index (χ2v) is 3.11. The van der Waals surface area contributed by atoms with Crippen LogP contribution < -0.4 is 11.1 Å². The molecule has 0 aliphatic heterocycles. The maximum absolute atomic E-state index is 12.9. The van der Waals surface area contributed by atoms with E-state index in [0.29, 0.717) is 11.1 Å². The summed E-state index contributed by atoms with van der Waals surface area (Å²) in [6.45, 7) is 6.59. The Labute approximate surface area is 97.0 Å². The van der Waals surface area contributed by atoms with E-state index in [2.05, 4.69) is 25.1 Å². The van der Waals surface area contributed by atoms with Crippen molar-refractivity contribution in [2.75, 3.05) is 13.1 Å². The fourth-order valence-corrected chi connectivity index (χ4v) is 1.05. The molecule has 0 saturated carbocycles. The zero-order valence-corrected chi connectivity index (χ0v) is 9.89. The summed E-state index contributed by atoms with van der Waals surface area (Å²) in [6, 6.07) is 4.58. The summed E-state index contributed by atoms with van der Waals surface area (Å²) in [5.74, 6) is 2.01. The Morgan fingerprint density at radius 3 is 2.31 bits per heavy atom. The van der Waals surface area contributed by atoms with Gasteiger partial charge < -0.3 is 11.1 Å². The normalized spacial score (nSPS) is 8.94. The molecule has 0 aliphatic carbocycles. The minimum Gasteiger partial charge on any atom is -0.326 e. The van der Waals surface area contributed by atoms with E-state index in [0.717, 1.165) is 13.1 Å². The molecule has 16 heavy (non-hydrogen) atoms. The van der Waals surface area contributed by atoms with Crippen molar-refractivity contribution < 1.29 is 4.39 Å². The van der Waals surface area contributed by atoms with Gasteiger partial charge in [0.1, 0.15) is 5.82 Å². The summed E-state index contributed by atoms with van der Waals surface area (Å²) in [5, 5.41) is 3.11. The van der Waals surface area contributed by atoms with Crippen LogP contribution in [-0.4, -0.2) is 13.1 Å². The zero-order valence-electron chi connectivity index (χ0n) is 9.89. The van der Waals surface area contributed by atoms with Gasteiger partial charge in [-0.05, 0) is 25.2 Å². The van der Waals surface area contributed by atoms with Crippen LogP contribution in [0, 0.1) is 18.2 Å². The molecule has 0 bridgehead atoms. The second kappa shape index (κ2) is 8.90. The van der Waals surface area contributed by atoms with Gasteiger partial charge in [-0.2, -0.15) is 0 Å². The maximum atomic E-state index is 12.9. The Balaban J connectivity index is 0.000000385. The summed E-state index contributed by atoms with van der Waals surface area (Å²) in [5.41, 5.74) is 6.28. The van der Waals surface area contributed by atoms with Crippen molar-refractivity contribution in [2.45, 2.75) is 20.4 Å². The first-order chi connectivity index (χ1) is 7.69. The molecule has 1 rings (SSSR count). The van der Waals surface area contributed by atoms with Crippen molar-refractivity contribution in [3.63, 3.8) is 0 Å². The molecule has 0 saturated heterocycles. The van der Waals surface area contributed by atoms with Gasteiger partial charge in [0.25, 0.3) is 0 Å². The van der Waals surface area contributed by atoms with Crippen LogP contribution in [0.25, 0.3) is 0 Å². The third-order valence-corrected chi connectivity index (χ3v) is 1.94. The van der Waals surface area contributed by atoms with Crippen LogP contribution in [0.4, 0.5) is 4.39 Å². The molecule has 0 spiro atoms. The Morgan fingerprint density at radius 2 is 2.00 bits per heavy atom. The van der Waals surface area contributed by atoms with Gasteiger partial charge in [-0.3, -0.25) is 0 Å². The molecule has 0 atom stereocenters. The quantitative estimate of drug-likeness (QED) is 0.766. The number of benzene rings is 1. The highest BCUT2D eigenvalue weighted by molar-refractivity contribution is 5.35. The summed E-state index contributed by atoms with van der Waals surface area (Å²) < 4.78 is 12.9. The molecule has 1 aromatic carbocycles. The van der Waals surface area contributed by atoms with E-state index >= 15 is 0 Å². The van der Waals surface area contributed by atoms with Crippen LogP contribution in [0.5, 0.6) is 0 Å². The molecular formula is C13H19FN2. The highest BCUT2D eigenvalue weighted by Crippen LogP contribution is 2.08. The molecule has 0 fully saturated rings. The van der Waals surface area contributed by atoms with Gasteiger partial charge >= 0.3 is 0 Å². The molecule has 2 nitrogen and oxygen atoms in total. The van der Waals surface area contributed by atoms with Gasteiger partial charge in [-0.25, -0.2) is 4.39 Å². The minimum absolute atomic E-state index is 0.205. The SMILES string of the molecule is C#Cc1ccc(CN)c(F)c1.CCNCC. The van der Waals surface area contributed by atoms with E-state index in [1.807, 2.05) is 0 Å². The number of hydrogen-bond donors (Lipinski definition) is 2. The van der Waals surface area contributed by atoms with E-state index in [1.165, 1.54) is 6.07 Å². The van der Waals surface area contributed by atoms with Gasteiger partial charge in [-0.15, -0.1) is 6.42 Å². The van der Waals surface area contributed by atoms with Crippen LogP contribution in [-0.2, 0) is 6.54 Å². The van der Waals surface area contributed by atoms with Gasteiger partial charge in [-0.1, -0.05) is 25.8 Å². The van der Waals surface area contributed by atoms with Gasteiger partial charge in [0.2, 0.25) is 0 Å². The van der Waals surface area contributed by atoms with Crippen LogP contribution in [0.15, 0.2) is 18.2 Å². The third-order valence-electron chi connectivity index (χ3n) is 1.94. The molecule has 3 N–H and O–H groups in total. The van der Waals surface area contributed by atoms with Crippen LogP contribution >= 0.6 is 0 Å². The molecule has 1 aromatic rings. The molecular weight excluding hydrogens is 203 g/mol. The lowest BCUT2D eigenvalue weighted by atomic mass is 10.1. The van der Waals surface area contributed by atoms with Gasteiger partial charge in [0.05, 0.1) is 0 Å². The largest absolute Gasteiger partial charge is 0.326 e. The van der Waals surface area contributed by atoms with Crippen LogP contribution in [0.1, 0.15) is 25.0 Å². The number of nitrogens with one attached hydrogen (secondary N) is 1. The maximum Gasteiger partial charge on any atom is 0.128 e. The van der Waals surface area contributed by atoms with Gasteiger partial charge in [0.15, 0.2) is 0 Å². The Bertz CT molecular complexity index is 340. The Kier molecular flexibility index (Phi) is 8.14. The van der Waals surface area contributed by atoms with Crippen molar-refractivity contribution in [3.05, 3.63) is 35.1 Å². The molecule has 0 amide bonds. The number of nitrogens with two attached hydrogens (primary N) is 1. The predicted molar refractivity (Wildman–Crippen MR) is 66.4 cm³/mol. The lowest BCUT2D eigenvalue weighted by Crippen LogP contribution is -2.09. The van der Waals surface area contributed by atoms with Crippen molar-refractivity contribution in [2.24, 2.45) is 5.73 Å². The van der Waals surface area contributed by atoms with E-state index in [9.17, 15) is 4.39 Å². The standard InChI is InChI=1S/C9H8FN.C4H11N/c1-2-7-3-4-8(6-11)9(10)5-7;1-3-5-4-2/h1,3-5H,6,11H2;5H,3-4H2,1-2H3. The summed E-state index contributed by atoms with van der Waals surface area (Å²) in [6.07, 6.45) is 5.06. The van der Waals surface area contributed by atoms with Crippen LogP contribution in [0.3, 0.4) is 0 Å². The Morgan fingerprint density at radius 1 is 1.38 bits per heavy atom. The summed E-state index contributed by atoms with van der Waals surface area (Å²) in [4.78, 5) is 0. The molecule has 0 aliphatic rings. The number of hydrogen-bond acceptors (Lipinski definition) is 2. The predicted octanol–water partition coefficient (Wildman–Crippen LogP) is 1.88. The molecule has 0 radical (unpaired) electrons. The fraction of sp³-hybridized carbons (Fsp3) is 0.385. The molecule has 3 heteroatoms. The van der Waals surface area contributed by atoms with Crippen molar-refractivity contribution in [1.82, 2.24) is 5.32 Å². The van der Waals surface area contributed by atoms with E-state index in [-0.39, 0.29) is 12.4 Å². The molecule has 0 unspecified atom stereocenters. The lowest BCUT2D eigenvalue weighted by molar-refractivity contribution is 0.610. The third kappa shape index (κ3) is 5.50. The van der Waals surface area contributed by atoms with Crippen molar-refractivity contribution >= 4 is 0 Å². The molecule has 0 aromatic heterocycles. The van der Waals surface area contributed by atoms with E-state index < -0.39 is 0 Å². The smallest absolute Gasteiger partial charge is 0.128 e.